The van der Waals surface area contributed by atoms with Crippen LogP contribution >= 0.6 is 0 Å². The van der Waals surface area contributed by atoms with Gasteiger partial charge in [0, 0.05) is 23.4 Å². The van der Waals surface area contributed by atoms with Crippen LogP contribution in [0, 0.1) is 19.7 Å². The zero-order valence-electron chi connectivity index (χ0n) is 17.5. The molecule has 12 heteroatoms. The number of carbonyl (C=O) groups excluding carboxylic acids is 1. The second-order valence-corrected chi connectivity index (χ2v) is 7.26. The molecule has 0 fully saturated rings. The molecule has 0 aliphatic rings. The van der Waals surface area contributed by atoms with Crippen LogP contribution in [0.2, 0.25) is 0 Å². The number of nitrogens with one attached hydrogen (secondary N) is 1. The molecule has 1 aromatic carbocycles. The van der Waals surface area contributed by atoms with Gasteiger partial charge in [-0.2, -0.15) is 18.2 Å². The molecule has 0 spiro atoms. The molecule has 4 aromatic rings. The number of benzene rings is 1. The third kappa shape index (κ3) is 4.78. The third-order valence-corrected chi connectivity index (χ3v) is 4.92. The number of anilines is 1. The van der Waals surface area contributed by atoms with E-state index in [-0.39, 0.29) is 24.5 Å². The van der Waals surface area contributed by atoms with Gasteiger partial charge in [-0.05, 0) is 38.0 Å². The Bertz CT molecular complexity index is 1330. The van der Waals surface area contributed by atoms with Crippen molar-refractivity contribution in [1.82, 2.24) is 29.5 Å². The van der Waals surface area contributed by atoms with Crippen LogP contribution in [0.25, 0.3) is 17.2 Å². The van der Waals surface area contributed by atoms with E-state index in [0.29, 0.717) is 34.0 Å². The van der Waals surface area contributed by atoms with Gasteiger partial charge in [-0.15, -0.1) is 5.10 Å². The zero-order chi connectivity index (χ0) is 23.8. The normalized spacial score (nSPS) is 11.7. The minimum Gasteiger partial charge on any atom is -0.323 e. The summed E-state index contributed by atoms with van der Waals surface area (Å²) in [5.74, 6) is -1.86. The van der Waals surface area contributed by atoms with Crippen molar-refractivity contribution < 1.29 is 22.4 Å². The quantitative estimate of drug-likeness (QED) is 0.454. The number of hydrogen-bond donors (Lipinski definition) is 1. The third-order valence-electron chi connectivity index (χ3n) is 4.92. The molecule has 0 bridgehead atoms. The average Bonchev–Trinajstić information content (AvgIpc) is 3.19. The van der Waals surface area contributed by atoms with Crippen molar-refractivity contribution in [3.63, 3.8) is 0 Å². The Balaban J connectivity index is 1.44. The summed E-state index contributed by atoms with van der Waals surface area (Å²) in [7, 11) is 0. The molecule has 33 heavy (non-hydrogen) atoms. The van der Waals surface area contributed by atoms with Crippen molar-refractivity contribution in [1.29, 1.82) is 0 Å². The molecule has 4 rings (SSSR count). The van der Waals surface area contributed by atoms with E-state index in [9.17, 15) is 22.4 Å². The SMILES string of the molecule is Cc1nc2nc(C(F)(F)F)nn2c(C)c1CCC(=O)Nc1cnc(-c2cccc(F)c2)nc1. The van der Waals surface area contributed by atoms with Gasteiger partial charge in [-0.3, -0.25) is 4.79 Å². The fourth-order valence-electron chi connectivity index (χ4n) is 3.32. The predicted molar refractivity (Wildman–Crippen MR) is 110 cm³/mol. The van der Waals surface area contributed by atoms with Crippen molar-refractivity contribution in [3.05, 3.63) is 65.3 Å². The molecule has 1 amide bonds. The van der Waals surface area contributed by atoms with Gasteiger partial charge in [0.25, 0.3) is 11.6 Å². The Labute approximate surface area is 184 Å². The lowest BCUT2D eigenvalue weighted by Crippen LogP contribution is -2.15. The number of fused-ring (bicyclic) bond motifs is 1. The smallest absolute Gasteiger partial charge is 0.323 e. The topological polar surface area (TPSA) is 98.0 Å². The molecule has 3 heterocycles. The van der Waals surface area contributed by atoms with Crippen molar-refractivity contribution in [2.75, 3.05) is 5.32 Å². The Morgan fingerprint density at radius 1 is 1.12 bits per heavy atom. The van der Waals surface area contributed by atoms with Crippen LogP contribution in [-0.2, 0) is 17.4 Å². The van der Waals surface area contributed by atoms with E-state index in [0.717, 1.165) is 4.52 Å². The van der Waals surface area contributed by atoms with E-state index in [1.807, 2.05) is 0 Å². The van der Waals surface area contributed by atoms with E-state index in [2.05, 4.69) is 30.4 Å². The summed E-state index contributed by atoms with van der Waals surface area (Å²) < 4.78 is 53.1. The highest BCUT2D eigenvalue weighted by molar-refractivity contribution is 5.90. The van der Waals surface area contributed by atoms with Crippen LogP contribution < -0.4 is 5.32 Å². The highest BCUT2D eigenvalue weighted by atomic mass is 19.4. The standard InChI is InChI=1S/C21H17F4N7O/c1-11-16(12(2)32-20(28-11)30-19(31-32)21(23,24)25)6-7-17(33)29-15-9-26-18(27-10-15)13-4-3-5-14(22)8-13/h3-5,8-10H,6-7H2,1-2H3,(H,29,33). The second-order valence-electron chi connectivity index (χ2n) is 7.26. The molecular formula is C21H17F4N7O. The number of carbonyl (C=O) groups is 1. The second kappa shape index (κ2) is 8.52. The van der Waals surface area contributed by atoms with Gasteiger partial charge in [-0.1, -0.05) is 12.1 Å². The Kier molecular flexibility index (Phi) is 5.75. The highest BCUT2D eigenvalue weighted by Gasteiger charge is 2.37. The first-order valence-corrected chi connectivity index (χ1v) is 9.79. The summed E-state index contributed by atoms with van der Waals surface area (Å²) in [6.45, 7) is 3.24. The maximum Gasteiger partial charge on any atom is 0.453 e. The summed E-state index contributed by atoms with van der Waals surface area (Å²) >= 11 is 0. The zero-order valence-corrected chi connectivity index (χ0v) is 17.5. The summed E-state index contributed by atoms with van der Waals surface area (Å²) in [6, 6.07) is 5.82. The summed E-state index contributed by atoms with van der Waals surface area (Å²) in [4.78, 5) is 28.2. The number of alkyl halides is 3. The van der Waals surface area contributed by atoms with Crippen molar-refractivity contribution >= 4 is 17.4 Å². The number of rotatable bonds is 5. The lowest BCUT2D eigenvalue weighted by molar-refractivity contribution is -0.144. The first kappa shape index (κ1) is 22.2. The van der Waals surface area contributed by atoms with Crippen LogP contribution in [0.15, 0.2) is 36.7 Å². The Morgan fingerprint density at radius 2 is 1.85 bits per heavy atom. The summed E-state index contributed by atoms with van der Waals surface area (Å²) in [5, 5.41) is 6.16. The molecule has 0 aliphatic heterocycles. The first-order valence-electron chi connectivity index (χ1n) is 9.79. The van der Waals surface area contributed by atoms with Crippen LogP contribution in [0.1, 0.15) is 29.2 Å². The molecule has 170 valence electrons. The highest BCUT2D eigenvalue weighted by Crippen LogP contribution is 2.27. The minimum atomic E-state index is -4.68. The monoisotopic (exact) mass is 459 g/mol. The van der Waals surface area contributed by atoms with E-state index < -0.39 is 17.8 Å². The van der Waals surface area contributed by atoms with Gasteiger partial charge in [0.1, 0.15) is 5.82 Å². The number of amides is 1. The molecule has 0 atom stereocenters. The van der Waals surface area contributed by atoms with Gasteiger partial charge >= 0.3 is 6.18 Å². The Morgan fingerprint density at radius 3 is 2.52 bits per heavy atom. The van der Waals surface area contributed by atoms with Gasteiger partial charge in [0.05, 0.1) is 18.1 Å². The van der Waals surface area contributed by atoms with E-state index in [1.165, 1.54) is 24.5 Å². The predicted octanol–water partition coefficient (Wildman–Crippen LogP) is 3.93. The Hall–Kier alpha value is -3.96. The maximum atomic E-state index is 13.3. The molecule has 0 unspecified atom stereocenters. The van der Waals surface area contributed by atoms with Gasteiger partial charge in [-0.25, -0.2) is 23.9 Å². The van der Waals surface area contributed by atoms with Gasteiger partial charge in [0.15, 0.2) is 5.82 Å². The lowest BCUT2D eigenvalue weighted by atomic mass is 10.1. The van der Waals surface area contributed by atoms with Crippen molar-refractivity contribution in [3.8, 4) is 11.4 Å². The molecule has 8 nitrogen and oxygen atoms in total. The largest absolute Gasteiger partial charge is 0.453 e. The lowest BCUT2D eigenvalue weighted by Gasteiger charge is -2.10. The van der Waals surface area contributed by atoms with Crippen LogP contribution in [0.3, 0.4) is 0 Å². The molecule has 3 aromatic heterocycles. The number of halogens is 4. The van der Waals surface area contributed by atoms with Crippen LogP contribution in [0.5, 0.6) is 0 Å². The van der Waals surface area contributed by atoms with Crippen LogP contribution in [-0.4, -0.2) is 35.5 Å². The molecular weight excluding hydrogens is 442 g/mol. The number of nitrogens with zero attached hydrogens (tertiary/aromatic N) is 6. The van der Waals surface area contributed by atoms with Gasteiger partial charge < -0.3 is 5.32 Å². The summed E-state index contributed by atoms with van der Waals surface area (Å²) in [6.07, 6.45) is -1.59. The van der Waals surface area contributed by atoms with E-state index >= 15 is 0 Å². The molecule has 0 aliphatic carbocycles. The average molecular weight is 459 g/mol. The fraction of sp³-hybridized carbons (Fsp3) is 0.238. The van der Waals surface area contributed by atoms with E-state index in [1.54, 1.807) is 26.0 Å². The minimum absolute atomic E-state index is 0.0430. The molecule has 1 N–H and O–H groups in total. The number of aromatic nitrogens is 6. The maximum absolute atomic E-state index is 13.3. The fourth-order valence-corrected chi connectivity index (χ4v) is 3.32. The molecule has 0 saturated carbocycles. The van der Waals surface area contributed by atoms with Crippen LogP contribution in [0.4, 0.5) is 23.2 Å². The van der Waals surface area contributed by atoms with Crippen molar-refractivity contribution in [2.24, 2.45) is 0 Å². The molecule has 0 saturated heterocycles. The van der Waals surface area contributed by atoms with Gasteiger partial charge in [0.2, 0.25) is 5.91 Å². The number of hydrogen-bond acceptors (Lipinski definition) is 6. The first-order chi connectivity index (χ1) is 15.6. The summed E-state index contributed by atoms with van der Waals surface area (Å²) in [5.41, 5.74) is 2.36. The number of aryl methyl sites for hydroxylation is 2. The van der Waals surface area contributed by atoms with Crippen molar-refractivity contribution in [2.45, 2.75) is 32.9 Å². The molecule has 0 radical (unpaired) electrons. The van der Waals surface area contributed by atoms with E-state index in [4.69, 9.17) is 0 Å².